The van der Waals surface area contributed by atoms with E-state index in [1.165, 1.54) is 18.2 Å². The number of ether oxygens (including phenoxy) is 1. The van der Waals surface area contributed by atoms with Crippen LogP contribution in [-0.4, -0.2) is 18.4 Å². The molecule has 0 radical (unpaired) electrons. The molecule has 0 fully saturated rings. The lowest BCUT2D eigenvalue weighted by Gasteiger charge is -2.11. The molecular weight excluding hydrogens is 399 g/mol. The number of benzene rings is 3. The molecule has 2 amide bonds. The van der Waals surface area contributed by atoms with Gasteiger partial charge in [0.25, 0.3) is 11.8 Å². The quantitative estimate of drug-likeness (QED) is 0.435. The Hall–Kier alpha value is -4.13. The molecule has 3 aromatic carbocycles. The molecule has 0 aliphatic rings. The lowest BCUT2D eigenvalue weighted by molar-refractivity contribution is 0.0999. The number of furan rings is 1. The van der Waals surface area contributed by atoms with Crippen molar-refractivity contribution in [1.82, 2.24) is 0 Å². The van der Waals surface area contributed by atoms with Gasteiger partial charge in [0.05, 0.1) is 17.9 Å². The summed E-state index contributed by atoms with van der Waals surface area (Å²) in [6.45, 7) is 2.22. The largest absolute Gasteiger partial charge is 0.493 e. The van der Waals surface area contributed by atoms with Gasteiger partial charge in [-0.3, -0.25) is 9.59 Å². The molecule has 1 heterocycles. The first-order valence-electron chi connectivity index (χ1n) is 9.69. The number of hydrogen-bond donors (Lipinski definition) is 2. The van der Waals surface area contributed by atoms with E-state index in [-0.39, 0.29) is 17.1 Å². The van der Waals surface area contributed by atoms with Crippen LogP contribution in [0.2, 0.25) is 0 Å². The van der Waals surface area contributed by atoms with Gasteiger partial charge in [0, 0.05) is 5.39 Å². The summed E-state index contributed by atoms with van der Waals surface area (Å²) in [6.07, 6.45) is 0. The Kier molecular flexibility index (Phi) is 5.66. The van der Waals surface area contributed by atoms with Crippen molar-refractivity contribution in [1.29, 1.82) is 0 Å². The van der Waals surface area contributed by atoms with Gasteiger partial charge in [0.15, 0.2) is 0 Å². The van der Waals surface area contributed by atoms with Crippen molar-refractivity contribution in [3.05, 3.63) is 89.9 Å². The maximum absolute atomic E-state index is 14.0. The number of halogens is 1. The van der Waals surface area contributed by atoms with Crippen molar-refractivity contribution in [2.24, 2.45) is 0 Å². The van der Waals surface area contributed by atoms with Crippen molar-refractivity contribution in [3.8, 4) is 5.75 Å². The Morgan fingerprint density at radius 2 is 1.61 bits per heavy atom. The lowest BCUT2D eigenvalue weighted by Crippen LogP contribution is -2.18. The predicted octanol–water partition coefficient (Wildman–Crippen LogP) is 5.48. The Bertz CT molecular complexity index is 1270. The van der Waals surface area contributed by atoms with Crippen molar-refractivity contribution in [2.45, 2.75) is 6.92 Å². The molecule has 31 heavy (non-hydrogen) atoms. The zero-order valence-electron chi connectivity index (χ0n) is 16.6. The van der Waals surface area contributed by atoms with Crippen LogP contribution in [0.3, 0.4) is 0 Å². The second-order valence-corrected chi connectivity index (χ2v) is 6.62. The van der Waals surface area contributed by atoms with E-state index in [9.17, 15) is 14.0 Å². The van der Waals surface area contributed by atoms with Crippen LogP contribution >= 0.6 is 0 Å². The van der Waals surface area contributed by atoms with E-state index in [1.54, 1.807) is 54.6 Å². The number of amides is 2. The van der Waals surface area contributed by atoms with E-state index in [1.807, 2.05) is 6.92 Å². The minimum Gasteiger partial charge on any atom is -0.493 e. The summed E-state index contributed by atoms with van der Waals surface area (Å²) in [5, 5.41) is 5.80. The molecule has 2 N–H and O–H groups in total. The van der Waals surface area contributed by atoms with Crippen LogP contribution in [-0.2, 0) is 0 Å². The highest BCUT2D eigenvalue weighted by atomic mass is 19.1. The molecule has 1 aromatic heterocycles. The summed E-state index contributed by atoms with van der Waals surface area (Å²) in [7, 11) is 0. The first-order chi connectivity index (χ1) is 15.1. The van der Waals surface area contributed by atoms with Crippen LogP contribution in [0.15, 0.2) is 77.2 Å². The Balaban J connectivity index is 1.71. The van der Waals surface area contributed by atoms with E-state index in [0.717, 1.165) is 0 Å². The maximum Gasteiger partial charge on any atom is 0.293 e. The van der Waals surface area contributed by atoms with Crippen molar-refractivity contribution >= 4 is 34.2 Å². The molecule has 4 rings (SSSR count). The normalized spacial score (nSPS) is 10.6. The number of hydrogen-bond acceptors (Lipinski definition) is 4. The molecule has 0 unspecified atom stereocenters. The molecule has 6 nitrogen and oxygen atoms in total. The second kappa shape index (κ2) is 8.71. The Morgan fingerprint density at radius 1 is 0.903 bits per heavy atom. The minimum atomic E-state index is -0.685. The van der Waals surface area contributed by atoms with Crippen molar-refractivity contribution < 1.29 is 23.1 Å². The van der Waals surface area contributed by atoms with E-state index < -0.39 is 17.6 Å². The van der Waals surface area contributed by atoms with Gasteiger partial charge in [-0.15, -0.1) is 0 Å². The predicted molar refractivity (Wildman–Crippen MR) is 116 cm³/mol. The first-order valence-corrected chi connectivity index (χ1v) is 9.69. The van der Waals surface area contributed by atoms with Gasteiger partial charge in [0.1, 0.15) is 22.8 Å². The molecule has 0 saturated carbocycles. The second-order valence-electron chi connectivity index (χ2n) is 6.62. The number of para-hydroxylation sites is 3. The van der Waals surface area contributed by atoms with Crippen LogP contribution in [0.25, 0.3) is 11.0 Å². The molecule has 0 spiro atoms. The summed E-state index contributed by atoms with van der Waals surface area (Å²) >= 11 is 0. The third kappa shape index (κ3) is 4.11. The van der Waals surface area contributed by atoms with Gasteiger partial charge >= 0.3 is 0 Å². The smallest absolute Gasteiger partial charge is 0.293 e. The number of carbonyl (C=O) groups excluding carboxylic acids is 2. The summed E-state index contributed by atoms with van der Waals surface area (Å²) in [4.78, 5) is 25.9. The maximum atomic E-state index is 14.0. The number of anilines is 2. The van der Waals surface area contributed by atoms with Crippen LogP contribution < -0.4 is 15.4 Å². The van der Waals surface area contributed by atoms with Gasteiger partial charge in [-0.2, -0.15) is 0 Å². The van der Waals surface area contributed by atoms with Gasteiger partial charge in [0.2, 0.25) is 5.76 Å². The number of rotatable bonds is 6. The topological polar surface area (TPSA) is 80.6 Å². The minimum absolute atomic E-state index is 0.00641. The fourth-order valence-electron chi connectivity index (χ4n) is 3.19. The van der Waals surface area contributed by atoms with Gasteiger partial charge in [-0.05, 0) is 43.3 Å². The SMILES string of the molecule is CCOc1ccccc1C(=O)Nc1c(C(=O)Nc2ccccc2F)oc2ccccc12. The summed E-state index contributed by atoms with van der Waals surface area (Å²) < 4.78 is 25.2. The van der Waals surface area contributed by atoms with E-state index >= 15 is 0 Å². The first kappa shape index (κ1) is 20.2. The number of carbonyl (C=O) groups is 2. The zero-order chi connectivity index (χ0) is 21.8. The molecule has 0 aliphatic heterocycles. The molecule has 7 heteroatoms. The van der Waals surface area contributed by atoms with Gasteiger partial charge < -0.3 is 19.8 Å². The average molecular weight is 418 g/mol. The molecule has 156 valence electrons. The molecular formula is C24H19FN2O4. The molecule has 0 atom stereocenters. The standard InChI is InChI=1S/C24H19FN2O4/c1-2-30-19-13-7-4-10-16(19)23(28)27-21-15-9-3-8-14-20(15)31-22(21)24(29)26-18-12-6-5-11-17(18)25/h3-14H,2H2,1H3,(H,26,29)(H,27,28). The number of nitrogens with one attached hydrogen (secondary N) is 2. The molecule has 4 aromatic rings. The lowest BCUT2D eigenvalue weighted by atomic mass is 10.1. The van der Waals surface area contributed by atoms with E-state index in [2.05, 4.69) is 10.6 Å². The average Bonchev–Trinajstić information content (AvgIpc) is 3.14. The number of fused-ring (bicyclic) bond motifs is 1. The molecule has 0 bridgehead atoms. The zero-order valence-corrected chi connectivity index (χ0v) is 16.6. The van der Waals surface area contributed by atoms with Gasteiger partial charge in [-0.1, -0.05) is 36.4 Å². The monoisotopic (exact) mass is 418 g/mol. The highest BCUT2D eigenvalue weighted by Gasteiger charge is 2.24. The van der Waals surface area contributed by atoms with Crippen molar-refractivity contribution in [2.75, 3.05) is 17.2 Å². The summed E-state index contributed by atoms with van der Waals surface area (Å²) in [6, 6.07) is 19.5. The summed E-state index contributed by atoms with van der Waals surface area (Å²) in [5.74, 6) is -1.44. The molecule has 0 saturated heterocycles. The van der Waals surface area contributed by atoms with E-state index in [0.29, 0.717) is 28.9 Å². The van der Waals surface area contributed by atoms with Crippen LogP contribution in [0.5, 0.6) is 5.75 Å². The fraction of sp³-hybridized carbons (Fsp3) is 0.0833. The third-order valence-electron chi connectivity index (χ3n) is 4.59. The summed E-state index contributed by atoms with van der Waals surface area (Å²) in [5.41, 5.74) is 0.928. The van der Waals surface area contributed by atoms with Crippen LogP contribution in [0, 0.1) is 5.82 Å². The van der Waals surface area contributed by atoms with Gasteiger partial charge in [-0.25, -0.2) is 4.39 Å². The third-order valence-corrected chi connectivity index (χ3v) is 4.59. The fourth-order valence-corrected chi connectivity index (χ4v) is 3.19. The highest BCUT2D eigenvalue weighted by Crippen LogP contribution is 2.32. The molecule has 0 aliphatic carbocycles. The Morgan fingerprint density at radius 3 is 2.42 bits per heavy atom. The van der Waals surface area contributed by atoms with Crippen molar-refractivity contribution in [3.63, 3.8) is 0 Å². The highest BCUT2D eigenvalue weighted by molar-refractivity contribution is 6.17. The Labute approximate surface area is 177 Å². The van der Waals surface area contributed by atoms with Crippen LogP contribution in [0.4, 0.5) is 15.8 Å². The van der Waals surface area contributed by atoms with Crippen LogP contribution in [0.1, 0.15) is 27.8 Å². The van der Waals surface area contributed by atoms with E-state index in [4.69, 9.17) is 9.15 Å².